The first-order chi connectivity index (χ1) is 17.6. The van der Waals surface area contributed by atoms with E-state index in [-0.39, 0.29) is 5.70 Å². The lowest BCUT2D eigenvalue weighted by Gasteiger charge is -2.16. The summed E-state index contributed by atoms with van der Waals surface area (Å²) in [5, 5.41) is 3.15. The summed E-state index contributed by atoms with van der Waals surface area (Å²) in [4.78, 5) is 29.5. The van der Waals surface area contributed by atoms with Crippen LogP contribution < -0.4 is 19.7 Å². The minimum Gasteiger partial charge on any atom is -0.495 e. The third-order valence-corrected chi connectivity index (χ3v) is 6.54. The molecule has 1 N–H and O–H groups in total. The van der Waals surface area contributed by atoms with Gasteiger partial charge in [-0.1, -0.05) is 60.3 Å². The van der Waals surface area contributed by atoms with Crippen LogP contribution in [0.2, 0.25) is 0 Å². The molecule has 0 fully saturated rings. The summed E-state index contributed by atoms with van der Waals surface area (Å²) >= 11 is 1.25. The zero-order valence-corrected chi connectivity index (χ0v) is 20.2. The van der Waals surface area contributed by atoms with E-state index in [9.17, 15) is 9.59 Å². The summed E-state index contributed by atoms with van der Waals surface area (Å²) < 4.78 is 11.3. The normalized spacial score (nSPS) is 13.2. The third-order valence-electron chi connectivity index (χ3n) is 5.44. The number of para-hydroxylation sites is 3. The van der Waals surface area contributed by atoms with Gasteiger partial charge in [-0.15, -0.1) is 0 Å². The van der Waals surface area contributed by atoms with Crippen LogP contribution in [0, 0.1) is 0 Å². The van der Waals surface area contributed by atoms with Gasteiger partial charge in [0, 0.05) is 4.90 Å². The first kappa shape index (κ1) is 23.3. The van der Waals surface area contributed by atoms with Gasteiger partial charge in [-0.3, -0.25) is 9.59 Å². The molecule has 0 radical (unpaired) electrons. The Labute approximate surface area is 213 Å². The first-order valence-electron chi connectivity index (χ1n) is 11.2. The Morgan fingerprint density at radius 1 is 0.694 bits per heavy atom. The minimum atomic E-state index is -0.443. The van der Waals surface area contributed by atoms with Crippen LogP contribution in [0.4, 0.5) is 11.4 Å². The van der Waals surface area contributed by atoms with E-state index >= 15 is 0 Å². The molecule has 0 atom stereocenters. The molecule has 4 aromatic rings. The van der Waals surface area contributed by atoms with Gasteiger partial charge in [-0.2, -0.15) is 0 Å². The number of rotatable bonds is 8. The highest BCUT2D eigenvalue weighted by Crippen LogP contribution is 2.39. The number of amides is 2. The maximum atomic E-state index is 13.6. The fourth-order valence-electron chi connectivity index (χ4n) is 3.73. The van der Waals surface area contributed by atoms with E-state index in [1.807, 2.05) is 72.8 Å². The van der Waals surface area contributed by atoms with Gasteiger partial charge in [0.2, 0.25) is 0 Å². The van der Waals surface area contributed by atoms with Crippen LogP contribution in [-0.4, -0.2) is 18.9 Å². The summed E-state index contributed by atoms with van der Waals surface area (Å²) in [6, 6.07) is 33.0. The van der Waals surface area contributed by atoms with Gasteiger partial charge in [-0.05, 0) is 60.7 Å². The molecule has 0 aliphatic carbocycles. The van der Waals surface area contributed by atoms with Gasteiger partial charge in [0.1, 0.15) is 27.9 Å². The molecular formula is C29H22N2O4S. The van der Waals surface area contributed by atoms with E-state index in [4.69, 9.17) is 9.47 Å². The molecule has 178 valence electrons. The van der Waals surface area contributed by atoms with E-state index in [2.05, 4.69) is 5.32 Å². The van der Waals surface area contributed by atoms with Crippen LogP contribution in [0.25, 0.3) is 0 Å². The molecule has 36 heavy (non-hydrogen) atoms. The molecule has 0 saturated carbocycles. The number of carbonyl (C=O) groups excluding carboxylic acids is 2. The topological polar surface area (TPSA) is 67.9 Å². The third kappa shape index (κ3) is 4.82. The lowest BCUT2D eigenvalue weighted by Crippen LogP contribution is -2.32. The highest BCUT2D eigenvalue weighted by Gasteiger charge is 2.40. The molecule has 0 bridgehead atoms. The fraction of sp³-hybridized carbons (Fsp3) is 0.0345. The van der Waals surface area contributed by atoms with Crippen molar-refractivity contribution in [1.29, 1.82) is 0 Å². The van der Waals surface area contributed by atoms with Crippen molar-refractivity contribution in [1.82, 2.24) is 0 Å². The Kier molecular flexibility index (Phi) is 6.73. The van der Waals surface area contributed by atoms with Gasteiger partial charge in [0.05, 0.1) is 18.5 Å². The van der Waals surface area contributed by atoms with Crippen molar-refractivity contribution in [3.63, 3.8) is 0 Å². The predicted octanol–water partition coefficient (Wildman–Crippen LogP) is 6.48. The largest absolute Gasteiger partial charge is 0.495 e. The van der Waals surface area contributed by atoms with E-state index in [0.29, 0.717) is 33.5 Å². The molecule has 1 aliphatic heterocycles. The molecule has 0 unspecified atom stereocenters. The first-order valence-corrected chi connectivity index (χ1v) is 12.0. The molecule has 2 amide bonds. The van der Waals surface area contributed by atoms with Crippen molar-refractivity contribution in [3.8, 4) is 17.2 Å². The van der Waals surface area contributed by atoms with Crippen LogP contribution in [0.1, 0.15) is 0 Å². The van der Waals surface area contributed by atoms with Crippen molar-refractivity contribution in [2.45, 2.75) is 4.90 Å². The van der Waals surface area contributed by atoms with Crippen molar-refractivity contribution in [2.75, 3.05) is 17.3 Å². The van der Waals surface area contributed by atoms with Crippen LogP contribution in [0.5, 0.6) is 17.2 Å². The zero-order chi connectivity index (χ0) is 24.9. The summed E-state index contributed by atoms with van der Waals surface area (Å²) in [5.74, 6) is 1.02. The Hall–Kier alpha value is -4.49. The molecule has 1 aliphatic rings. The number of benzene rings is 4. The zero-order valence-electron chi connectivity index (χ0n) is 19.4. The Balaban J connectivity index is 1.46. The quantitative estimate of drug-likeness (QED) is 0.283. The number of carbonyl (C=O) groups is 2. The summed E-state index contributed by atoms with van der Waals surface area (Å²) in [5.41, 5.74) is 1.24. The summed E-state index contributed by atoms with van der Waals surface area (Å²) in [6.07, 6.45) is 0. The lowest BCUT2D eigenvalue weighted by molar-refractivity contribution is -0.120. The smallest absolute Gasteiger partial charge is 0.283 e. The van der Waals surface area contributed by atoms with E-state index in [0.717, 1.165) is 4.90 Å². The summed E-state index contributed by atoms with van der Waals surface area (Å²) in [6.45, 7) is 0. The molecule has 4 aromatic carbocycles. The molecule has 0 saturated heterocycles. The number of ether oxygens (including phenoxy) is 2. The molecule has 5 rings (SSSR count). The number of thioether (sulfide) groups is 1. The average molecular weight is 495 g/mol. The van der Waals surface area contributed by atoms with Crippen LogP contribution in [-0.2, 0) is 9.59 Å². The number of hydrogen-bond acceptors (Lipinski definition) is 6. The van der Waals surface area contributed by atoms with Crippen molar-refractivity contribution < 1.29 is 19.1 Å². The van der Waals surface area contributed by atoms with Crippen molar-refractivity contribution >= 4 is 35.0 Å². The molecule has 7 heteroatoms. The minimum absolute atomic E-state index is 0.197. The maximum absolute atomic E-state index is 13.6. The van der Waals surface area contributed by atoms with Gasteiger partial charge in [0.25, 0.3) is 11.8 Å². The van der Waals surface area contributed by atoms with Crippen molar-refractivity contribution in [3.05, 3.63) is 120 Å². The second-order valence-electron chi connectivity index (χ2n) is 7.80. The van der Waals surface area contributed by atoms with Gasteiger partial charge in [0.15, 0.2) is 0 Å². The fourth-order valence-corrected chi connectivity index (χ4v) is 4.67. The Morgan fingerprint density at radius 2 is 1.31 bits per heavy atom. The molecule has 0 spiro atoms. The molecular weight excluding hydrogens is 472 g/mol. The molecule has 1 heterocycles. The highest BCUT2D eigenvalue weighted by atomic mass is 32.2. The summed E-state index contributed by atoms with van der Waals surface area (Å²) in [7, 11) is 1.56. The SMILES string of the molecule is COc1ccccc1NC1=C(Sc2ccccc2)C(=O)N(c2ccc(Oc3ccccc3)cc2)C1=O. The van der Waals surface area contributed by atoms with Crippen LogP contribution in [0.3, 0.4) is 0 Å². The van der Waals surface area contributed by atoms with E-state index in [1.165, 1.54) is 16.7 Å². The average Bonchev–Trinajstić information content (AvgIpc) is 3.14. The van der Waals surface area contributed by atoms with Crippen LogP contribution >= 0.6 is 11.8 Å². The van der Waals surface area contributed by atoms with E-state index < -0.39 is 11.8 Å². The number of nitrogens with one attached hydrogen (secondary N) is 1. The Morgan fingerprint density at radius 3 is 2.00 bits per heavy atom. The number of nitrogens with zero attached hydrogens (tertiary/aromatic N) is 1. The van der Waals surface area contributed by atoms with Gasteiger partial charge in [-0.25, -0.2) is 4.90 Å². The maximum Gasteiger partial charge on any atom is 0.283 e. The second-order valence-corrected chi connectivity index (χ2v) is 8.88. The second kappa shape index (κ2) is 10.4. The monoisotopic (exact) mass is 494 g/mol. The highest BCUT2D eigenvalue weighted by molar-refractivity contribution is 8.04. The Bertz CT molecular complexity index is 1420. The number of hydrogen-bond donors (Lipinski definition) is 1. The number of methoxy groups -OCH3 is 1. The number of anilines is 2. The van der Waals surface area contributed by atoms with E-state index in [1.54, 1.807) is 43.5 Å². The number of imide groups is 1. The standard InChI is InChI=1S/C29H22N2O4S/c1-34-25-15-9-8-14-24(25)30-26-27(36-23-12-6-3-7-13-23)29(33)31(28(26)32)20-16-18-22(19-17-20)35-21-10-4-2-5-11-21/h2-19,30H,1H3. The lowest BCUT2D eigenvalue weighted by atomic mass is 10.2. The predicted molar refractivity (Wildman–Crippen MR) is 141 cm³/mol. The molecule has 6 nitrogen and oxygen atoms in total. The van der Waals surface area contributed by atoms with Gasteiger partial charge < -0.3 is 14.8 Å². The van der Waals surface area contributed by atoms with Gasteiger partial charge >= 0.3 is 0 Å². The molecule has 0 aromatic heterocycles. The van der Waals surface area contributed by atoms with Crippen molar-refractivity contribution in [2.24, 2.45) is 0 Å². The van der Waals surface area contributed by atoms with Crippen LogP contribution in [0.15, 0.2) is 125 Å².